The van der Waals surface area contributed by atoms with E-state index in [-0.39, 0.29) is 16.6 Å². The van der Waals surface area contributed by atoms with E-state index in [1.165, 1.54) is 12.1 Å². The third-order valence-electron chi connectivity index (χ3n) is 4.55. The highest BCUT2D eigenvalue weighted by molar-refractivity contribution is 7.89. The molecule has 1 aromatic heterocycles. The summed E-state index contributed by atoms with van der Waals surface area (Å²) < 4.78 is 32.6. The van der Waals surface area contributed by atoms with Crippen molar-refractivity contribution >= 4 is 21.6 Å². The van der Waals surface area contributed by atoms with E-state index in [1.54, 1.807) is 35.5 Å². The molecule has 2 heterocycles. The number of rotatable bonds is 4. The number of carbonyl (C=O) groups excluding carboxylic acids is 1. The van der Waals surface area contributed by atoms with Crippen LogP contribution in [0.2, 0.25) is 0 Å². The van der Waals surface area contributed by atoms with Gasteiger partial charge in [-0.2, -0.15) is 4.31 Å². The lowest BCUT2D eigenvalue weighted by Crippen LogP contribution is -2.42. The van der Waals surface area contributed by atoms with E-state index < -0.39 is 10.0 Å². The monoisotopic (exact) mass is 376 g/mol. The predicted octanol–water partition coefficient (Wildman–Crippen LogP) is 3.51. The van der Waals surface area contributed by atoms with Gasteiger partial charge in [-0.15, -0.1) is 0 Å². The van der Waals surface area contributed by atoms with Crippen molar-refractivity contribution in [1.29, 1.82) is 0 Å². The van der Waals surface area contributed by atoms with Crippen LogP contribution in [0.15, 0.2) is 45.7 Å². The van der Waals surface area contributed by atoms with Crippen LogP contribution in [0.25, 0.3) is 0 Å². The number of nitrogens with zero attached hydrogens (tertiary/aromatic N) is 1. The van der Waals surface area contributed by atoms with Gasteiger partial charge in [0.15, 0.2) is 5.76 Å². The minimum Gasteiger partial charge on any atom is -0.456 e. The van der Waals surface area contributed by atoms with Gasteiger partial charge in [-0.3, -0.25) is 4.79 Å². The molecule has 0 unspecified atom stereocenters. The van der Waals surface area contributed by atoms with Gasteiger partial charge in [-0.05, 0) is 61.6 Å². The molecule has 1 N–H and O–H groups in total. The Hall–Kier alpha value is -2.12. The lowest BCUT2D eigenvalue weighted by atomic mass is 9.94. The van der Waals surface area contributed by atoms with Gasteiger partial charge in [0.05, 0.1) is 4.90 Å². The predicted molar refractivity (Wildman–Crippen MR) is 99.5 cm³/mol. The third kappa shape index (κ3) is 3.99. The zero-order valence-electron chi connectivity index (χ0n) is 15.2. The van der Waals surface area contributed by atoms with Crippen molar-refractivity contribution in [3.05, 3.63) is 47.9 Å². The standard InChI is InChI=1S/C19H24N2O4S/c1-13-10-14(2)12-21(11-13)26(23,24)17-7-5-16(6-8-17)20-19(22)18-9-4-15(3)25-18/h4-9,13-14H,10-12H2,1-3H3,(H,20,22)/t13-,14-/m0/s1. The Morgan fingerprint density at radius 1 is 1.08 bits per heavy atom. The Morgan fingerprint density at radius 3 is 2.23 bits per heavy atom. The van der Waals surface area contributed by atoms with E-state index >= 15 is 0 Å². The molecule has 0 radical (unpaired) electrons. The van der Waals surface area contributed by atoms with Crippen LogP contribution in [0, 0.1) is 18.8 Å². The van der Waals surface area contributed by atoms with Crippen LogP contribution in [0.3, 0.4) is 0 Å². The van der Waals surface area contributed by atoms with Gasteiger partial charge < -0.3 is 9.73 Å². The quantitative estimate of drug-likeness (QED) is 0.886. The van der Waals surface area contributed by atoms with Crippen molar-refractivity contribution in [3.8, 4) is 0 Å². The summed E-state index contributed by atoms with van der Waals surface area (Å²) in [5.41, 5.74) is 0.517. The molecular formula is C19H24N2O4S. The summed E-state index contributed by atoms with van der Waals surface area (Å²) in [6, 6.07) is 9.56. The number of carbonyl (C=O) groups is 1. The lowest BCUT2D eigenvalue weighted by Gasteiger charge is -2.34. The Kier molecular flexibility index (Phi) is 5.20. The van der Waals surface area contributed by atoms with E-state index in [9.17, 15) is 13.2 Å². The first-order valence-electron chi connectivity index (χ1n) is 8.73. The zero-order chi connectivity index (χ0) is 18.9. The summed E-state index contributed by atoms with van der Waals surface area (Å²) in [6.07, 6.45) is 1.04. The number of piperidine rings is 1. The maximum absolute atomic E-state index is 12.9. The fourth-order valence-electron chi connectivity index (χ4n) is 3.41. The fourth-order valence-corrected chi connectivity index (χ4v) is 5.09. The van der Waals surface area contributed by atoms with Crippen LogP contribution in [0.1, 0.15) is 36.6 Å². The average molecular weight is 376 g/mol. The second-order valence-corrected chi connectivity index (χ2v) is 9.09. The number of hydrogen-bond acceptors (Lipinski definition) is 4. The minimum absolute atomic E-state index is 0.218. The van der Waals surface area contributed by atoms with E-state index in [2.05, 4.69) is 19.2 Å². The van der Waals surface area contributed by atoms with E-state index in [4.69, 9.17) is 4.42 Å². The van der Waals surface area contributed by atoms with Crippen LogP contribution < -0.4 is 5.32 Å². The average Bonchev–Trinajstić information content (AvgIpc) is 3.01. The van der Waals surface area contributed by atoms with Crippen molar-refractivity contribution in [1.82, 2.24) is 4.31 Å². The van der Waals surface area contributed by atoms with E-state index in [0.717, 1.165) is 6.42 Å². The summed E-state index contributed by atoms with van der Waals surface area (Å²) in [5.74, 6) is 1.21. The van der Waals surface area contributed by atoms with Gasteiger partial charge in [0, 0.05) is 18.8 Å². The van der Waals surface area contributed by atoms with Gasteiger partial charge >= 0.3 is 0 Å². The number of amides is 1. The largest absolute Gasteiger partial charge is 0.456 e. The molecule has 1 aromatic carbocycles. The third-order valence-corrected chi connectivity index (χ3v) is 6.40. The number of aryl methyl sites for hydroxylation is 1. The molecule has 2 atom stereocenters. The molecule has 0 saturated carbocycles. The van der Waals surface area contributed by atoms with Crippen LogP contribution in [0.4, 0.5) is 5.69 Å². The highest BCUT2D eigenvalue weighted by atomic mass is 32.2. The molecule has 140 valence electrons. The number of hydrogen-bond donors (Lipinski definition) is 1. The first-order chi connectivity index (χ1) is 12.3. The number of nitrogens with one attached hydrogen (secondary N) is 1. The second kappa shape index (κ2) is 7.25. The van der Waals surface area contributed by atoms with Crippen molar-refractivity contribution in [3.63, 3.8) is 0 Å². The highest BCUT2D eigenvalue weighted by Gasteiger charge is 2.31. The van der Waals surface area contributed by atoms with E-state index in [0.29, 0.717) is 36.4 Å². The van der Waals surface area contributed by atoms with Gasteiger partial charge in [-0.1, -0.05) is 13.8 Å². The first-order valence-corrected chi connectivity index (χ1v) is 10.2. The fraction of sp³-hybridized carbons (Fsp3) is 0.421. The Labute approximate surface area is 154 Å². The second-order valence-electron chi connectivity index (χ2n) is 7.16. The number of sulfonamides is 1. The highest BCUT2D eigenvalue weighted by Crippen LogP contribution is 2.27. The summed E-state index contributed by atoms with van der Waals surface area (Å²) in [7, 11) is -3.52. The van der Waals surface area contributed by atoms with Crippen LogP contribution in [0.5, 0.6) is 0 Å². The molecule has 0 spiro atoms. The molecule has 1 aliphatic rings. The molecule has 6 nitrogen and oxygen atoms in total. The van der Waals surface area contributed by atoms with Crippen LogP contribution >= 0.6 is 0 Å². The summed E-state index contributed by atoms with van der Waals surface area (Å²) >= 11 is 0. The van der Waals surface area contributed by atoms with Gasteiger partial charge in [0.25, 0.3) is 5.91 Å². The molecule has 0 bridgehead atoms. The van der Waals surface area contributed by atoms with Crippen molar-refractivity contribution in [2.24, 2.45) is 11.8 Å². The van der Waals surface area contributed by atoms with Crippen LogP contribution in [-0.2, 0) is 10.0 Å². The van der Waals surface area contributed by atoms with Gasteiger partial charge in [-0.25, -0.2) is 8.42 Å². The summed E-state index contributed by atoms with van der Waals surface area (Å²) in [6.45, 7) is 7.01. The van der Waals surface area contributed by atoms with Gasteiger partial charge in [0.1, 0.15) is 5.76 Å². The molecule has 1 fully saturated rings. The molecule has 1 aliphatic heterocycles. The Morgan fingerprint density at radius 2 is 1.69 bits per heavy atom. The maximum atomic E-state index is 12.9. The molecule has 1 saturated heterocycles. The molecule has 0 aliphatic carbocycles. The molecule has 7 heteroatoms. The Balaban J connectivity index is 1.73. The zero-order valence-corrected chi connectivity index (χ0v) is 16.0. The topological polar surface area (TPSA) is 79.6 Å². The first kappa shape index (κ1) is 18.7. The number of furan rings is 1. The van der Waals surface area contributed by atoms with Crippen molar-refractivity contribution < 1.29 is 17.6 Å². The number of benzene rings is 1. The molecule has 3 rings (SSSR count). The van der Waals surface area contributed by atoms with Crippen molar-refractivity contribution in [2.75, 3.05) is 18.4 Å². The van der Waals surface area contributed by atoms with Crippen LogP contribution in [-0.4, -0.2) is 31.7 Å². The summed E-state index contributed by atoms with van der Waals surface area (Å²) in [4.78, 5) is 12.3. The normalized spacial score (nSPS) is 21.5. The lowest BCUT2D eigenvalue weighted by molar-refractivity contribution is 0.0995. The molecule has 1 amide bonds. The number of anilines is 1. The maximum Gasteiger partial charge on any atom is 0.291 e. The Bertz CT molecular complexity index is 877. The minimum atomic E-state index is -3.52. The molecule has 26 heavy (non-hydrogen) atoms. The molecule has 2 aromatic rings. The smallest absolute Gasteiger partial charge is 0.291 e. The SMILES string of the molecule is Cc1ccc(C(=O)Nc2ccc(S(=O)(=O)N3C[C@@H](C)C[C@H](C)C3)cc2)o1. The molecular weight excluding hydrogens is 352 g/mol. The van der Waals surface area contributed by atoms with Crippen molar-refractivity contribution in [2.45, 2.75) is 32.1 Å². The van der Waals surface area contributed by atoms with Gasteiger partial charge in [0.2, 0.25) is 10.0 Å². The summed E-state index contributed by atoms with van der Waals surface area (Å²) in [5, 5.41) is 2.70. The van der Waals surface area contributed by atoms with E-state index in [1.807, 2.05) is 0 Å².